The van der Waals surface area contributed by atoms with Gasteiger partial charge in [-0.3, -0.25) is 9.59 Å². The fourth-order valence-electron chi connectivity index (χ4n) is 3.01. The van der Waals surface area contributed by atoms with Crippen molar-refractivity contribution in [2.24, 2.45) is 5.92 Å². The number of halogens is 4. The Morgan fingerprint density at radius 2 is 2.00 bits per heavy atom. The molecule has 0 aliphatic carbocycles. The van der Waals surface area contributed by atoms with Crippen LogP contribution in [-0.2, 0) is 15.8 Å². The summed E-state index contributed by atoms with van der Waals surface area (Å²) in [5.74, 6) is -1.12. The number of methoxy groups -OCH3 is 1. The van der Waals surface area contributed by atoms with E-state index in [0.717, 1.165) is 12.1 Å². The Morgan fingerprint density at radius 1 is 1.25 bits per heavy atom. The molecule has 0 bridgehead atoms. The third kappa shape index (κ3) is 4.22. The number of carbonyl (C=O) groups excluding carboxylic acids is 2. The van der Waals surface area contributed by atoms with Crippen LogP contribution in [-0.4, -0.2) is 25.5 Å². The zero-order valence-corrected chi connectivity index (χ0v) is 15.5. The van der Waals surface area contributed by atoms with Crippen molar-refractivity contribution in [3.63, 3.8) is 0 Å². The second kappa shape index (κ2) is 7.71. The van der Waals surface area contributed by atoms with Crippen LogP contribution in [0.3, 0.4) is 0 Å². The van der Waals surface area contributed by atoms with Gasteiger partial charge in [-0.05, 0) is 36.4 Å². The van der Waals surface area contributed by atoms with Crippen molar-refractivity contribution in [2.75, 3.05) is 23.9 Å². The number of hydrogen-bond acceptors (Lipinski definition) is 3. The van der Waals surface area contributed by atoms with Crippen molar-refractivity contribution in [3.05, 3.63) is 53.1 Å². The number of ether oxygens (including phenoxy) is 1. The number of alkyl halides is 3. The lowest BCUT2D eigenvalue weighted by atomic mass is 10.1. The van der Waals surface area contributed by atoms with Gasteiger partial charge in [0.25, 0.3) is 0 Å². The van der Waals surface area contributed by atoms with Crippen molar-refractivity contribution >= 4 is 34.8 Å². The van der Waals surface area contributed by atoms with Crippen LogP contribution in [0.1, 0.15) is 12.0 Å². The Morgan fingerprint density at radius 3 is 2.68 bits per heavy atom. The molecule has 1 fully saturated rings. The lowest BCUT2D eigenvalue weighted by Crippen LogP contribution is -2.28. The van der Waals surface area contributed by atoms with E-state index in [1.165, 1.54) is 24.1 Å². The molecule has 0 radical (unpaired) electrons. The predicted molar refractivity (Wildman–Crippen MR) is 98.5 cm³/mol. The summed E-state index contributed by atoms with van der Waals surface area (Å²) in [5, 5.41) is 2.86. The number of nitrogens with zero attached hydrogens (tertiary/aromatic N) is 1. The molecule has 1 heterocycles. The van der Waals surface area contributed by atoms with Gasteiger partial charge < -0.3 is 15.0 Å². The Kier molecular flexibility index (Phi) is 5.51. The van der Waals surface area contributed by atoms with E-state index in [2.05, 4.69) is 5.32 Å². The number of hydrogen-bond donors (Lipinski definition) is 1. The van der Waals surface area contributed by atoms with Crippen LogP contribution in [0.2, 0.25) is 5.02 Å². The summed E-state index contributed by atoms with van der Waals surface area (Å²) in [5.41, 5.74) is -0.404. The molecular weight excluding hydrogens is 397 g/mol. The maximum absolute atomic E-state index is 12.8. The van der Waals surface area contributed by atoms with Crippen LogP contribution in [0.5, 0.6) is 5.75 Å². The first kappa shape index (κ1) is 20.0. The summed E-state index contributed by atoms with van der Waals surface area (Å²) in [6.45, 7) is 0.0698. The summed E-state index contributed by atoms with van der Waals surface area (Å²) in [6, 6.07) is 9.13. The molecule has 2 aromatic carbocycles. The van der Waals surface area contributed by atoms with Crippen LogP contribution in [0.25, 0.3) is 0 Å². The topological polar surface area (TPSA) is 58.6 Å². The maximum Gasteiger partial charge on any atom is 0.416 e. The lowest BCUT2D eigenvalue weighted by molar-refractivity contribution is -0.137. The highest BCUT2D eigenvalue weighted by atomic mass is 35.5. The Labute approximate surface area is 164 Å². The summed E-state index contributed by atoms with van der Waals surface area (Å²) < 4.78 is 43.7. The van der Waals surface area contributed by atoms with E-state index < -0.39 is 23.6 Å². The molecule has 2 amide bonds. The molecule has 1 atom stereocenters. The smallest absolute Gasteiger partial charge is 0.416 e. The fraction of sp³-hybridized carbons (Fsp3) is 0.263. The average molecular weight is 413 g/mol. The minimum atomic E-state index is -4.51. The van der Waals surface area contributed by atoms with Gasteiger partial charge in [-0.1, -0.05) is 17.7 Å². The summed E-state index contributed by atoms with van der Waals surface area (Å²) in [7, 11) is 1.45. The zero-order valence-electron chi connectivity index (χ0n) is 14.7. The molecule has 3 rings (SSSR count). The Hall–Kier alpha value is -2.74. The summed E-state index contributed by atoms with van der Waals surface area (Å²) >= 11 is 5.99. The van der Waals surface area contributed by atoms with Crippen LogP contribution in [0.4, 0.5) is 24.5 Å². The molecule has 2 aromatic rings. The van der Waals surface area contributed by atoms with Gasteiger partial charge in [0, 0.05) is 23.7 Å². The number of rotatable bonds is 4. The molecule has 0 aromatic heterocycles. The number of benzene rings is 2. The van der Waals surface area contributed by atoms with Crippen LogP contribution in [0.15, 0.2) is 42.5 Å². The number of nitrogens with one attached hydrogen (secondary N) is 1. The first-order valence-electron chi connectivity index (χ1n) is 8.31. The number of carbonyl (C=O) groups is 2. The first-order chi connectivity index (χ1) is 13.2. The van der Waals surface area contributed by atoms with Crippen LogP contribution < -0.4 is 15.0 Å². The van der Waals surface area contributed by atoms with Crippen molar-refractivity contribution in [1.29, 1.82) is 0 Å². The van der Waals surface area contributed by atoms with Gasteiger partial charge in [0.1, 0.15) is 5.75 Å². The van der Waals surface area contributed by atoms with Gasteiger partial charge >= 0.3 is 6.18 Å². The van der Waals surface area contributed by atoms with E-state index in [9.17, 15) is 22.8 Å². The van der Waals surface area contributed by atoms with Crippen molar-refractivity contribution in [2.45, 2.75) is 12.6 Å². The van der Waals surface area contributed by atoms with Crippen molar-refractivity contribution in [3.8, 4) is 5.75 Å². The average Bonchev–Trinajstić information content (AvgIpc) is 3.03. The highest BCUT2D eigenvalue weighted by Crippen LogP contribution is 2.36. The minimum absolute atomic E-state index is 0.0195. The molecule has 148 valence electrons. The summed E-state index contributed by atoms with van der Waals surface area (Å²) in [6.07, 6.45) is -4.58. The van der Waals surface area contributed by atoms with E-state index >= 15 is 0 Å². The monoisotopic (exact) mass is 412 g/mol. The predicted octanol–water partition coefficient (Wildman–Crippen LogP) is 4.36. The Balaban J connectivity index is 1.75. The van der Waals surface area contributed by atoms with Gasteiger partial charge in [-0.2, -0.15) is 13.2 Å². The van der Waals surface area contributed by atoms with Gasteiger partial charge in [-0.25, -0.2) is 0 Å². The Bertz CT molecular complexity index is 918. The van der Waals surface area contributed by atoms with Gasteiger partial charge in [0.05, 0.1) is 24.3 Å². The quantitative estimate of drug-likeness (QED) is 0.811. The second-order valence-electron chi connectivity index (χ2n) is 6.29. The molecule has 0 saturated carbocycles. The zero-order chi connectivity index (χ0) is 20.5. The SMILES string of the molecule is COc1ccc(Cl)cc1N1C[C@H](C(=O)Nc2cccc(C(F)(F)F)c2)CC1=O. The largest absolute Gasteiger partial charge is 0.495 e. The van der Waals surface area contributed by atoms with E-state index in [1.807, 2.05) is 0 Å². The standard InChI is InChI=1S/C19H16ClF3N2O3/c1-28-16-6-5-13(20)9-15(16)25-10-11(7-17(25)26)18(27)24-14-4-2-3-12(8-14)19(21,22)23/h2-6,8-9,11H,7,10H2,1H3,(H,24,27)/t11-/m1/s1. The summed E-state index contributed by atoms with van der Waals surface area (Å²) in [4.78, 5) is 26.3. The van der Waals surface area contributed by atoms with Crippen molar-refractivity contribution < 1.29 is 27.5 Å². The van der Waals surface area contributed by atoms with Gasteiger partial charge in [0.2, 0.25) is 11.8 Å². The highest BCUT2D eigenvalue weighted by Gasteiger charge is 2.37. The highest BCUT2D eigenvalue weighted by molar-refractivity contribution is 6.31. The number of anilines is 2. The van der Waals surface area contributed by atoms with Crippen LogP contribution in [0, 0.1) is 5.92 Å². The molecule has 9 heteroatoms. The normalized spacial score (nSPS) is 17.0. The molecule has 0 spiro atoms. The molecule has 1 aliphatic rings. The molecule has 28 heavy (non-hydrogen) atoms. The van der Waals surface area contributed by atoms with E-state index in [1.54, 1.807) is 18.2 Å². The second-order valence-corrected chi connectivity index (χ2v) is 6.73. The fourth-order valence-corrected chi connectivity index (χ4v) is 3.17. The maximum atomic E-state index is 12.8. The number of amides is 2. The molecule has 1 saturated heterocycles. The molecule has 0 unspecified atom stereocenters. The van der Waals surface area contributed by atoms with Crippen LogP contribution >= 0.6 is 11.6 Å². The van der Waals surface area contributed by atoms with E-state index in [-0.39, 0.29) is 24.6 Å². The first-order valence-corrected chi connectivity index (χ1v) is 8.69. The van der Waals surface area contributed by atoms with Gasteiger partial charge in [0.15, 0.2) is 0 Å². The van der Waals surface area contributed by atoms with Gasteiger partial charge in [-0.15, -0.1) is 0 Å². The van der Waals surface area contributed by atoms with E-state index in [0.29, 0.717) is 16.5 Å². The molecular formula is C19H16ClF3N2O3. The van der Waals surface area contributed by atoms with E-state index in [4.69, 9.17) is 16.3 Å². The third-order valence-electron chi connectivity index (χ3n) is 4.38. The molecule has 1 N–H and O–H groups in total. The molecule has 5 nitrogen and oxygen atoms in total. The van der Waals surface area contributed by atoms with Crippen molar-refractivity contribution in [1.82, 2.24) is 0 Å². The lowest BCUT2D eigenvalue weighted by Gasteiger charge is -2.20. The minimum Gasteiger partial charge on any atom is -0.495 e. The molecule has 1 aliphatic heterocycles. The third-order valence-corrected chi connectivity index (χ3v) is 4.62.